The Balaban J connectivity index is 1.90. The lowest BCUT2D eigenvalue weighted by Crippen LogP contribution is -2.01. The van der Waals surface area contributed by atoms with Gasteiger partial charge in [-0.1, -0.05) is 65.1 Å². The highest BCUT2D eigenvalue weighted by Gasteiger charge is 2.08. The van der Waals surface area contributed by atoms with Gasteiger partial charge in [0.25, 0.3) is 5.69 Å². The maximum Gasteiger partial charge on any atom is 0.269 e. The number of nitro benzene ring substituents is 1. The molecule has 146 valence electrons. The third-order valence-electron chi connectivity index (χ3n) is 3.64. The molecule has 0 heterocycles. The lowest BCUT2D eigenvalue weighted by atomic mass is 10.2. The summed E-state index contributed by atoms with van der Waals surface area (Å²) < 4.78 is 0. The van der Waals surface area contributed by atoms with Crippen molar-refractivity contribution >= 4 is 57.7 Å². The Morgan fingerprint density at radius 1 is 0.897 bits per heavy atom. The van der Waals surface area contributed by atoms with Crippen molar-refractivity contribution in [3.63, 3.8) is 0 Å². The number of hydrogen-bond acceptors (Lipinski definition) is 5. The quantitative estimate of drug-likeness (QED) is 0.112. The zero-order chi connectivity index (χ0) is 20.8. The van der Waals surface area contributed by atoms with Gasteiger partial charge in [0.05, 0.1) is 25.7 Å². The van der Waals surface area contributed by atoms with Crippen molar-refractivity contribution in [1.82, 2.24) is 0 Å². The number of rotatable bonds is 5. The molecule has 3 aromatic rings. The summed E-state index contributed by atoms with van der Waals surface area (Å²) in [7, 11) is 0. The molecule has 0 aliphatic heterocycles. The van der Waals surface area contributed by atoms with Crippen LogP contribution >= 0.6 is 34.8 Å². The molecule has 29 heavy (non-hydrogen) atoms. The highest BCUT2D eigenvalue weighted by Crippen LogP contribution is 2.34. The molecule has 1 N–H and O–H groups in total. The monoisotopic (exact) mass is 447 g/mol. The molecule has 0 aromatic heterocycles. The van der Waals surface area contributed by atoms with Crippen LogP contribution in [0.25, 0.3) is 0 Å². The van der Waals surface area contributed by atoms with Crippen molar-refractivity contribution in [3.05, 3.63) is 97.5 Å². The van der Waals surface area contributed by atoms with Crippen LogP contribution in [0.15, 0.2) is 82.1 Å². The van der Waals surface area contributed by atoms with Crippen molar-refractivity contribution in [1.29, 1.82) is 0 Å². The van der Waals surface area contributed by atoms with Gasteiger partial charge in [-0.3, -0.25) is 15.5 Å². The molecule has 0 atom stereocenters. The number of benzene rings is 3. The maximum atomic E-state index is 10.8. The first-order valence-electron chi connectivity index (χ1n) is 8.14. The first-order chi connectivity index (χ1) is 13.9. The lowest BCUT2D eigenvalue weighted by molar-refractivity contribution is -0.384. The van der Waals surface area contributed by atoms with Crippen LogP contribution in [0.4, 0.5) is 17.1 Å². The third-order valence-corrected chi connectivity index (χ3v) is 4.67. The van der Waals surface area contributed by atoms with Gasteiger partial charge in [-0.25, -0.2) is 0 Å². The number of anilines is 1. The standard InChI is InChI=1S/C19H12Cl3N5O2/c20-15-10-17(22)18(11-16(15)21)24-26-19(12-4-2-1-3-5-12)25-23-13-6-8-14(9-7-13)27(28)29/h1-11,23H. The van der Waals surface area contributed by atoms with Crippen molar-refractivity contribution in [2.75, 3.05) is 5.43 Å². The van der Waals surface area contributed by atoms with Crippen molar-refractivity contribution in [3.8, 4) is 0 Å². The Morgan fingerprint density at radius 3 is 2.21 bits per heavy atom. The number of non-ortho nitro benzene ring substituents is 1. The average Bonchev–Trinajstić information content (AvgIpc) is 2.72. The zero-order valence-corrected chi connectivity index (χ0v) is 16.9. The fourth-order valence-corrected chi connectivity index (χ4v) is 2.78. The van der Waals surface area contributed by atoms with Crippen LogP contribution in [0, 0.1) is 10.1 Å². The van der Waals surface area contributed by atoms with E-state index in [1.54, 1.807) is 0 Å². The number of halogens is 3. The second-order valence-corrected chi connectivity index (χ2v) is 6.86. The predicted octanol–water partition coefficient (Wildman–Crippen LogP) is 7.11. The van der Waals surface area contributed by atoms with E-state index in [-0.39, 0.29) is 11.5 Å². The molecule has 0 saturated carbocycles. The number of hydrogen-bond donors (Lipinski definition) is 1. The summed E-state index contributed by atoms with van der Waals surface area (Å²) in [5, 5.41) is 24.2. The maximum absolute atomic E-state index is 10.8. The highest BCUT2D eigenvalue weighted by atomic mass is 35.5. The normalized spacial score (nSPS) is 11.6. The largest absolute Gasteiger partial charge is 0.276 e. The molecule has 0 amide bonds. The smallest absolute Gasteiger partial charge is 0.269 e. The fraction of sp³-hybridized carbons (Fsp3) is 0. The molecule has 10 heteroatoms. The van der Waals surface area contributed by atoms with Crippen LogP contribution in [-0.4, -0.2) is 10.8 Å². The SMILES string of the molecule is O=[N+]([O-])c1ccc(NN=C(N=Nc2cc(Cl)c(Cl)cc2Cl)c2ccccc2)cc1. The van der Waals surface area contributed by atoms with Crippen LogP contribution in [0.5, 0.6) is 0 Å². The number of nitro groups is 1. The van der Waals surface area contributed by atoms with E-state index in [4.69, 9.17) is 34.8 Å². The Labute approximate surface area is 180 Å². The van der Waals surface area contributed by atoms with E-state index in [1.807, 2.05) is 30.3 Å². The molecule has 0 aliphatic carbocycles. The van der Waals surface area contributed by atoms with E-state index < -0.39 is 4.92 Å². The number of nitrogens with zero attached hydrogens (tertiary/aromatic N) is 4. The predicted molar refractivity (Wildman–Crippen MR) is 116 cm³/mol. The second kappa shape index (κ2) is 9.47. The molecular weight excluding hydrogens is 437 g/mol. The Bertz CT molecular complexity index is 1090. The zero-order valence-electron chi connectivity index (χ0n) is 14.6. The highest BCUT2D eigenvalue weighted by molar-refractivity contribution is 6.43. The Morgan fingerprint density at radius 2 is 1.55 bits per heavy atom. The third kappa shape index (κ3) is 5.51. The van der Waals surface area contributed by atoms with E-state index in [9.17, 15) is 10.1 Å². The molecule has 7 nitrogen and oxygen atoms in total. The van der Waals surface area contributed by atoms with Crippen LogP contribution in [0.3, 0.4) is 0 Å². The minimum Gasteiger partial charge on any atom is -0.276 e. The van der Waals surface area contributed by atoms with Crippen LogP contribution < -0.4 is 5.43 Å². The second-order valence-electron chi connectivity index (χ2n) is 5.63. The summed E-state index contributed by atoms with van der Waals surface area (Å²) in [6.07, 6.45) is 0. The number of azo groups is 1. The topological polar surface area (TPSA) is 92.2 Å². The van der Waals surface area contributed by atoms with Gasteiger partial charge >= 0.3 is 0 Å². The van der Waals surface area contributed by atoms with Crippen molar-refractivity contribution in [2.24, 2.45) is 15.3 Å². The fourth-order valence-electron chi connectivity index (χ4n) is 2.20. The summed E-state index contributed by atoms with van der Waals surface area (Å²) >= 11 is 18.1. The minimum absolute atomic E-state index is 0.0169. The van der Waals surface area contributed by atoms with Crippen molar-refractivity contribution < 1.29 is 4.92 Å². The van der Waals surface area contributed by atoms with Crippen LogP contribution in [0.2, 0.25) is 15.1 Å². The van der Waals surface area contributed by atoms with Gasteiger partial charge in [0.15, 0.2) is 0 Å². The summed E-state index contributed by atoms with van der Waals surface area (Å²) in [6.45, 7) is 0. The number of nitrogens with one attached hydrogen (secondary N) is 1. The van der Waals surface area contributed by atoms with E-state index >= 15 is 0 Å². The first-order valence-corrected chi connectivity index (χ1v) is 9.27. The molecule has 0 aliphatic rings. The van der Waals surface area contributed by atoms with E-state index in [0.717, 1.165) is 0 Å². The Kier molecular flexibility index (Phi) is 6.77. The number of amidine groups is 1. The molecular formula is C19H12Cl3N5O2. The van der Waals surface area contributed by atoms with Gasteiger partial charge in [-0.2, -0.15) is 5.10 Å². The molecule has 3 aromatic carbocycles. The summed E-state index contributed by atoms with van der Waals surface area (Å²) in [5.41, 5.74) is 4.37. The summed E-state index contributed by atoms with van der Waals surface area (Å²) in [5.74, 6) is 0.270. The van der Waals surface area contributed by atoms with Gasteiger partial charge in [0.1, 0.15) is 5.69 Å². The minimum atomic E-state index is -0.475. The number of hydrazone groups is 1. The molecule has 3 rings (SSSR count). The van der Waals surface area contributed by atoms with Gasteiger partial charge in [-0.05, 0) is 24.3 Å². The van der Waals surface area contributed by atoms with E-state index in [0.29, 0.717) is 32.0 Å². The van der Waals surface area contributed by atoms with Crippen LogP contribution in [-0.2, 0) is 0 Å². The Hall–Kier alpha value is -3.00. The molecule has 0 fully saturated rings. The lowest BCUT2D eigenvalue weighted by Gasteiger charge is -2.04. The molecule has 0 saturated heterocycles. The average molecular weight is 449 g/mol. The van der Waals surface area contributed by atoms with Gasteiger partial charge in [0.2, 0.25) is 5.84 Å². The molecule has 0 unspecified atom stereocenters. The summed E-state index contributed by atoms with van der Waals surface area (Å²) in [6, 6.07) is 17.9. The van der Waals surface area contributed by atoms with E-state index in [2.05, 4.69) is 20.8 Å². The molecule has 0 bridgehead atoms. The summed E-state index contributed by atoms with van der Waals surface area (Å²) in [4.78, 5) is 10.3. The van der Waals surface area contributed by atoms with Gasteiger partial charge < -0.3 is 0 Å². The van der Waals surface area contributed by atoms with E-state index in [1.165, 1.54) is 36.4 Å². The molecule has 0 spiro atoms. The first kappa shape index (κ1) is 20.7. The van der Waals surface area contributed by atoms with Crippen molar-refractivity contribution in [2.45, 2.75) is 0 Å². The van der Waals surface area contributed by atoms with Gasteiger partial charge in [0, 0.05) is 17.7 Å². The van der Waals surface area contributed by atoms with Crippen LogP contribution in [0.1, 0.15) is 5.56 Å². The molecule has 0 radical (unpaired) electrons. The van der Waals surface area contributed by atoms with Gasteiger partial charge in [-0.15, -0.1) is 10.2 Å².